The molecule has 2 aromatic heterocycles. The highest BCUT2D eigenvalue weighted by atomic mass is 32.1. The Morgan fingerprint density at radius 3 is 2.85 bits per heavy atom. The third-order valence-electron chi connectivity index (χ3n) is 2.88. The van der Waals surface area contributed by atoms with Gasteiger partial charge in [-0.25, -0.2) is 4.98 Å². The summed E-state index contributed by atoms with van der Waals surface area (Å²) in [4.78, 5) is 31.2. The highest BCUT2D eigenvalue weighted by molar-refractivity contribution is 7.14. The molecule has 0 aliphatic heterocycles. The summed E-state index contributed by atoms with van der Waals surface area (Å²) >= 11 is 1.29. The lowest BCUT2D eigenvalue weighted by Crippen LogP contribution is -2.22. The molecule has 0 bridgehead atoms. The fourth-order valence-electron chi connectivity index (χ4n) is 1.95. The van der Waals surface area contributed by atoms with Crippen molar-refractivity contribution < 1.29 is 9.59 Å². The van der Waals surface area contributed by atoms with Gasteiger partial charge in [-0.3, -0.25) is 14.9 Å². The number of ketones is 1. The molecule has 0 spiro atoms. The van der Waals surface area contributed by atoms with Crippen LogP contribution in [0.2, 0.25) is 0 Å². The summed E-state index contributed by atoms with van der Waals surface area (Å²) in [6, 6.07) is 7.36. The van der Waals surface area contributed by atoms with Crippen LogP contribution in [0.3, 0.4) is 0 Å². The number of amides is 1. The van der Waals surface area contributed by atoms with Crippen molar-refractivity contribution >= 4 is 39.1 Å². The SMILES string of the molecule is Cc1csc(NC(=O)C(=O)c2c[nH]c3ccccc23)n1. The van der Waals surface area contributed by atoms with E-state index in [-0.39, 0.29) is 0 Å². The first-order chi connectivity index (χ1) is 9.65. The Labute approximate surface area is 118 Å². The molecule has 3 rings (SSSR count). The van der Waals surface area contributed by atoms with E-state index in [0.717, 1.165) is 16.6 Å². The number of aromatic nitrogens is 2. The van der Waals surface area contributed by atoms with E-state index in [4.69, 9.17) is 0 Å². The molecule has 0 atom stereocenters. The maximum atomic E-state index is 12.2. The molecular formula is C14H11N3O2S. The predicted molar refractivity (Wildman–Crippen MR) is 78.1 cm³/mol. The van der Waals surface area contributed by atoms with E-state index in [1.807, 2.05) is 30.5 Å². The minimum Gasteiger partial charge on any atom is -0.360 e. The van der Waals surface area contributed by atoms with Gasteiger partial charge < -0.3 is 4.98 Å². The molecule has 1 aromatic carbocycles. The summed E-state index contributed by atoms with van der Waals surface area (Å²) in [5.41, 5.74) is 2.00. The molecule has 0 aliphatic rings. The van der Waals surface area contributed by atoms with E-state index in [1.165, 1.54) is 11.3 Å². The summed E-state index contributed by atoms with van der Waals surface area (Å²) in [5.74, 6) is -1.25. The van der Waals surface area contributed by atoms with Crippen molar-refractivity contribution in [3.8, 4) is 0 Å². The molecule has 3 aromatic rings. The average Bonchev–Trinajstić information content (AvgIpc) is 3.04. The van der Waals surface area contributed by atoms with Gasteiger partial charge in [-0.15, -0.1) is 11.3 Å². The van der Waals surface area contributed by atoms with Crippen LogP contribution in [0, 0.1) is 6.92 Å². The van der Waals surface area contributed by atoms with E-state index >= 15 is 0 Å². The van der Waals surface area contributed by atoms with Gasteiger partial charge >= 0.3 is 0 Å². The lowest BCUT2D eigenvalue weighted by molar-refractivity contribution is -0.112. The van der Waals surface area contributed by atoms with Crippen LogP contribution >= 0.6 is 11.3 Å². The quantitative estimate of drug-likeness (QED) is 0.574. The van der Waals surface area contributed by atoms with Gasteiger partial charge in [0.15, 0.2) is 5.13 Å². The summed E-state index contributed by atoms with van der Waals surface area (Å²) < 4.78 is 0. The number of nitrogens with one attached hydrogen (secondary N) is 2. The Balaban J connectivity index is 1.86. The van der Waals surface area contributed by atoms with Gasteiger partial charge in [-0.1, -0.05) is 18.2 Å². The molecule has 1 amide bonds. The second-order valence-electron chi connectivity index (χ2n) is 4.33. The van der Waals surface area contributed by atoms with E-state index in [1.54, 1.807) is 12.3 Å². The van der Waals surface area contributed by atoms with Crippen LogP contribution in [0.25, 0.3) is 10.9 Å². The van der Waals surface area contributed by atoms with E-state index in [9.17, 15) is 9.59 Å². The normalized spacial score (nSPS) is 10.7. The molecule has 0 unspecified atom stereocenters. The Hall–Kier alpha value is -2.47. The van der Waals surface area contributed by atoms with Crippen molar-refractivity contribution in [3.05, 3.63) is 47.1 Å². The van der Waals surface area contributed by atoms with Gasteiger partial charge in [0.2, 0.25) is 0 Å². The number of H-pyrrole nitrogens is 1. The number of aromatic amines is 1. The third-order valence-corrected chi connectivity index (χ3v) is 3.76. The number of nitrogens with zero attached hydrogens (tertiary/aromatic N) is 1. The number of rotatable bonds is 3. The number of aryl methyl sites for hydroxylation is 1. The molecule has 20 heavy (non-hydrogen) atoms. The third kappa shape index (κ3) is 2.21. The van der Waals surface area contributed by atoms with Crippen LogP contribution in [0.1, 0.15) is 16.1 Å². The van der Waals surface area contributed by atoms with Crippen LogP contribution < -0.4 is 5.32 Å². The Morgan fingerprint density at radius 1 is 1.30 bits per heavy atom. The zero-order valence-corrected chi connectivity index (χ0v) is 11.5. The van der Waals surface area contributed by atoms with Crippen molar-refractivity contribution in [2.45, 2.75) is 6.92 Å². The number of hydrogen-bond acceptors (Lipinski definition) is 4. The van der Waals surface area contributed by atoms with E-state index in [0.29, 0.717) is 10.7 Å². The molecule has 2 N–H and O–H groups in total. The number of fused-ring (bicyclic) bond motifs is 1. The number of Topliss-reactive ketones (excluding diaryl/α,β-unsaturated/α-hetero) is 1. The van der Waals surface area contributed by atoms with Crippen LogP contribution in [-0.2, 0) is 4.79 Å². The molecular weight excluding hydrogens is 274 g/mol. The first kappa shape index (κ1) is 12.6. The summed E-state index contributed by atoms with van der Waals surface area (Å²) in [6.45, 7) is 1.83. The van der Waals surface area contributed by atoms with Crippen molar-refractivity contribution in [2.75, 3.05) is 5.32 Å². The number of thiazole rings is 1. The molecule has 0 aliphatic carbocycles. The Bertz CT molecular complexity index is 803. The minimum absolute atomic E-state index is 0.367. The van der Waals surface area contributed by atoms with Crippen molar-refractivity contribution in [3.63, 3.8) is 0 Å². The summed E-state index contributed by atoms with van der Waals surface area (Å²) in [6.07, 6.45) is 1.56. The number of anilines is 1. The molecule has 2 heterocycles. The van der Waals surface area contributed by atoms with Gasteiger partial charge in [0, 0.05) is 22.5 Å². The molecule has 0 radical (unpaired) electrons. The van der Waals surface area contributed by atoms with Crippen molar-refractivity contribution in [2.24, 2.45) is 0 Å². The number of carbonyl (C=O) groups excluding carboxylic acids is 2. The monoisotopic (exact) mass is 285 g/mol. The largest absolute Gasteiger partial charge is 0.360 e. The highest BCUT2D eigenvalue weighted by Gasteiger charge is 2.20. The zero-order chi connectivity index (χ0) is 14.1. The topological polar surface area (TPSA) is 74.8 Å². The number of carbonyl (C=O) groups is 2. The van der Waals surface area contributed by atoms with E-state index < -0.39 is 11.7 Å². The average molecular weight is 285 g/mol. The number of benzene rings is 1. The fraction of sp³-hybridized carbons (Fsp3) is 0.0714. The molecule has 0 saturated carbocycles. The zero-order valence-electron chi connectivity index (χ0n) is 10.6. The molecule has 0 fully saturated rings. The summed E-state index contributed by atoms with van der Waals surface area (Å²) in [7, 11) is 0. The molecule has 100 valence electrons. The highest BCUT2D eigenvalue weighted by Crippen LogP contribution is 2.19. The first-order valence-corrected chi connectivity index (χ1v) is 6.87. The molecule has 5 nitrogen and oxygen atoms in total. The van der Waals surface area contributed by atoms with E-state index in [2.05, 4.69) is 15.3 Å². The van der Waals surface area contributed by atoms with Gasteiger partial charge in [0.05, 0.1) is 11.3 Å². The molecule has 0 saturated heterocycles. The number of para-hydroxylation sites is 1. The number of hydrogen-bond donors (Lipinski definition) is 2. The van der Waals surface area contributed by atoms with Gasteiger partial charge in [0.1, 0.15) is 0 Å². The minimum atomic E-state index is -0.677. The smallest absolute Gasteiger partial charge is 0.298 e. The predicted octanol–water partition coefficient (Wildman–Crippen LogP) is 2.75. The van der Waals surface area contributed by atoms with Gasteiger partial charge in [0.25, 0.3) is 11.7 Å². The van der Waals surface area contributed by atoms with Crippen LogP contribution in [-0.4, -0.2) is 21.7 Å². The van der Waals surface area contributed by atoms with Crippen LogP contribution in [0.5, 0.6) is 0 Å². The van der Waals surface area contributed by atoms with Crippen LogP contribution in [0.4, 0.5) is 5.13 Å². The Kier molecular flexibility index (Phi) is 3.08. The Morgan fingerprint density at radius 2 is 2.10 bits per heavy atom. The maximum Gasteiger partial charge on any atom is 0.298 e. The lowest BCUT2D eigenvalue weighted by atomic mass is 10.1. The maximum absolute atomic E-state index is 12.2. The van der Waals surface area contributed by atoms with Gasteiger partial charge in [-0.05, 0) is 13.0 Å². The van der Waals surface area contributed by atoms with Crippen LogP contribution in [0.15, 0.2) is 35.8 Å². The molecule has 6 heteroatoms. The standard InChI is InChI=1S/C14H11N3O2S/c1-8-7-20-14(16-8)17-13(19)12(18)10-6-15-11-5-3-2-4-9(10)11/h2-7,15H,1H3,(H,16,17,19). The first-order valence-electron chi connectivity index (χ1n) is 5.99. The second-order valence-corrected chi connectivity index (χ2v) is 5.18. The second kappa shape index (κ2) is 4.90. The fourth-order valence-corrected chi connectivity index (χ4v) is 2.63. The van der Waals surface area contributed by atoms with Crippen molar-refractivity contribution in [1.29, 1.82) is 0 Å². The van der Waals surface area contributed by atoms with Gasteiger partial charge in [-0.2, -0.15) is 0 Å². The summed E-state index contributed by atoms with van der Waals surface area (Å²) in [5, 5.41) is 5.50. The van der Waals surface area contributed by atoms with Crippen molar-refractivity contribution in [1.82, 2.24) is 9.97 Å². The lowest BCUT2D eigenvalue weighted by Gasteiger charge is -1.99.